The lowest BCUT2D eigenvalue weighted by Crippen LogP contribution is -2.51. The fraction of sp³-hybridized carbons (Fsp3) is 0.653. The van der Waals surface area contributed by atoms with Crippen molar-refractivity contribution >= 4 is 11.9 Å². The molecule has 6 rings (SSSR count). The van der Waals surface area contributed by atoms with Crippen LogP contribution in [0.2, 0.25) is 0 Å². The summed E-state index contributed by atoms with van der Waals surface area (Å²) in [6, 6.07) is 15.4. The van der Waals surface area contributed by atoms with Gasteiger partial charge in [0.15, 0.2) is 0 Å². The van der Waals surface area contributed by atoms with Crippen molar-refractivity contribution in [2.45, 2.75) is 150 Å². The van der Waals surface area contributed by atoms with Crippen molar-refractivity contribution in [3.8, 4) is 17.6 Å². The molecule has 3 saturated carbocycles. The number of rotatable bonds is 17. The van der Waals surface area contributed by atoms with E-state index in [1.54, 1.807) is 54.1 Å². The van der Waals surface area contributed by atoms with Gasteiger partial charge in [-0.15, -0.1) is 0 Å². The first kappa shape index (κ1) is 41.1. The Morgan fingerprint density at radius 3 is 2.29 bits per heavy atom. The minimum Gasteiger partial charge on any atom is -0.494 e. The number of hydrogen-bond donors (Lipinski definition) is 0. The molecule has 6 heteroatoms. The molecule has 4 aliphatic carbocycles. The van der Waals surface area contributed by atoms with Gasteiger partial charge < -0.3 is 14.2 Å². The number of nitriles is 1. The summed E-state index contributed by atoms with van der Waals surface area (Å²) in [4.78, 5) is 25.3. The summed E-state index contributed by atoms with van der Waals surface area (Å²) in [7, 11) is 0. The molecule has 0 heterocycles. The fourth-order valence-electron chi connectivity index (χ4n) is 11.5. The second kappa shape index (κ2) is 18.6. The van der Waals surface area contributed by atoms with E-state index in [9.17, 15) is 9.59 Å². The summed E-state index contributed by atoms with van der Waals surface area (Å²) in [5.74, 6) is 5.74. The zero-order chi connectivity index (χ0) is 39.0. The van der Waals surface area contributed by atoms with E-state index >= 15 is 0 Å². The lowest BCUT2D eigenvalue weighted by molar-refractivity contribution is -0.151. The predicted octanol–water partition coefficient (Wildman–Crippen LogP) is 12.5. The van der Waals surface area contributed by atoms with Crippen LogP contribution in [-0.2, 0) is 9.53 Å². The van der Waals surface area contributed by atoms with Crippen molar-refractivity contribution < 1.29 is 23.8 Å². The summed E-state index contributed by atoms with van der Waals surface area (Å²) in [6.07, 6.45) is 22.3. The number of fused-ring (bicyclic) bond motifs is 5. The lowest BCUT2D eigenvalue weighted by atomic mass is 9.47. The molecule has 0 aromatic heterocycles. The zero-order valence-corrected chi connectivity index (χ0v) is 34.5. The van der Waals surface area contributed by atoms with E-state index < -0.39 is 5.97 Å². The second-order valence-corrected chi connectivity index (χ2v) is 18.6. The smallest absolute Gasteiger partial charge is 0.343 e. The zero-order valence-electron chi connectivity index (χ0n) is 34.5. The summed E-state index contributed by atoms with van der Waals surface area (Å²) in [6.45, 7) is 13.2. The molecule has 0 amide bonds. The Balaban J connectivity index is 0.851. The molecule has 6 nitrogen and oxygen atoms in total. The fourth-order valence-corrected chi connectivity index (χ4v) is 11.5. The molecule has 55 heavy (non-hydrogen) atoms. The highest BCUT2D eigenvalue weighted by atomic mass is 16.5. The molecule has 0 spiro atoms. The van der Waals surface area contributed by atoms with Gasteiger partial charge in [-0.05, 0) is 153 Å². The quantitative estimate of drug-likeness (QED) is 0.0693. The summed E-state index contributed by atoms with van der Waals surface area (Å²) in [5, 5.41) is 8.93. The highest BCUT2D eigenvalue weighted by Crippen LogP contribution is 2.67. The third-order valence-corrected chi connectivity index (χ3v) is 14.6. The Morgan fingerprint density at radius 1 is 0.818 bits per heavy atom. The van der Waals surface area contributed by atoms with Crippen molar-refractivity contribution in [2.75, 3.05) is 6.61 Å². The van der Waals surface area contributed by atoms with Crippen molar-refractivity contribution in [1.82, 2.24) is 0 Å². The Morgan fingerprint density at radius 2 is 1.55 bits per heavy atom. The van der Waals surface area contributed by atoms with Gasteiger partial charge in [-0.25, -0.2) is 4.79 Å². The highest BCUT2D eigenvalue weighted by Gasteiger charge is 2.59. The van der Waals surface area contributed by atoms with Crippen LogP contribution in [-0.4, -0.2) is 24.6 Å². The van der Waals surface area contributed by atoms with Crippen molar-refractivity contribution in [1.29, 1.82) is 5.26 Å². The topological polar surface area (TPSA) is 85.6 Å². The Kier molecular flexibility index (Phi) is 13.9. The number of benzene rings is 2. The van der Waals surface area contributed by atoms with E-state index in [1.807, 2.05) is 6.07 Å². The van der Waals surface area contributed by atoms with Gasteiger partial charge in [-0.1, -0.05) is 84.8 Å². The number of hydrogen-bond acceptors (Lipinski definition) is 6. The molecule has 2 aromatic carbocycles. The standard InChI is InChI=1S/C49H67NO5/c1-34(2)12-11-13-35(3)43-25-26-44-42-24-19-38-32-41(27-29-48(38,4)45(42)28-30-49(43,44)5)54-46(51)14-9-7-6-8-10-31-53-39-20-22-40(23-21-39)55-47(52)37-17-15-36(33-50)16-18-37/h15-23,34-35,41-45H,6-14,24-32H2,1-5H3/t35-,41+,42+,43-,44+,45+,48+,49-/m1/s1. The van der Waals surface area contributed by atoms with Gasteiger partial charge in [0.05, 0.1) is 23.8 Å². The minimum absolute atomic E-state index is 0.0230. The summed E-state index contributed by atoms with van der Waals surface area (Å²) >= 11 is 0. The van der Waals surface area contributed by atoms with Gasteiger partial charge in [0.1, 0.15) is 17.6 Å². The maximum Gasteiger partial charge on any atom is 0.343 e. The first-order valence-corrected chi connectivity index (χ1v) is 21.8. The third kappa shape index (κ3) is 9.87. The lowest BCUT2D eigenvalue weighted by Gasteiger charge is -2.58. The first-order valence-electron chi connectivity index (χ1n) is 21.8. The molecule has 298 valence electrons. The average molecular weight is 750 g/mol. The summed E-state index contributed by atoms with van der Waals surface area (Å²) in [5.41, 5.74) is 3.29. The Bertz CT molecular complexity index is 1660. The largest absolute Gasteiger partial charge is 0.494 e. The molecule has 2 aromatic rings. The van der Waals surface area contributed by atoms with Crippen LogP contribution in [0, 0.1) is 57.7 Å². The maximum absolute atomic E-state index is 12.9. The van der Waals surface area contributed by atoms with Crippen molar-refractivity contribution in [2.24, 2.45) is 46.3 Å². The number of ether oxygens (including phenoxy) is 3. The Hall–Kier alpha value is -3.59. The molecule has 0 bridgehead atoms. The van der Waals surface area contributed by atoms with Gasteiger partial charge in [0.2, 0.25) is 0 Å². The molecule has 8 atom stereocenters. The van der Waals surface area contributed by atoms with Gasteiger partial charge in [-0.3, -0.25) is 4.79 Å². The van der Waals surface area contributed by atoms with Gasteiger partial charge in [0, 0.05) is 12.8 Å². The number of nitrogens with zero attached hydrogens (tertiary/aromatic N) is 1. The SMILES string of the molecule is CC(C)CCC[C@@H](C)[C@H]1CC[C@H]2[C@@H]3CC=C4C[C@@H](OC(=O)CCCCCCCOc5ccc(OC(=O)c6ccc(C#N)cc6)cc5)CC[C@]4(C)[C@H]3CC[C@]12C. The van der Waals surface area contributed by atoms with Crippen LogP contribution >= 0.6 is 0 Å². The third-order valence-electron chi connectivity index (χ3n) is 14.6. The van der Waals surface area contributed by atoms with Crippen molar-refractivity contribution in [3.05, 3.63) is 71.3 Å². The van der Waals surface area contributed by atoms with Gasteiger partial charge in [0.25, 0.3) is 0 Å². The van der Waals surface area contributed by atoms with E-state index in [4.69, 9.17) is 19.5 Å². The molecule has 3 fully saturated rings. The number of carbonyl (C=O) groups excluding carboxylic acids is 2. The van der Waals surface area contributed by atoms with Crippen LogP contribution in [0.1, 0.15) is 160 Å². The van der Waals surface area contributed by atoms with Gasteiger partial charge in [-0.2, -0.15) is 5.26 Å². The monoisotopic (exact) mass is 750 g/mol. The van der Waals surface area contributed by atoms with Crippen LogP contribution in [0.5, 0.6) is 11.5 Å². The van der Waals surface area contributed by atoms with Crippen LogP contribution in [0.3, 0.4) is 0 Å². The first-order chi connectivity index (χ1) is 26.5. The average Bonchev–Trinajstić information content (AvgIpc) is 3.54. The molecular formula is C49H67NO5. The van der Waals surface area contributed by atoms with E-state index in [0.29, 0.717) is 35.3 Å². The van der Waals surface area contributed by atoms with Crippen molar-refractivity contribution in [3.63, 3.8) is 0 Å². The van der Waals surface area contributed by atoms with Crippen LogP contribution < -0.4 is 9.47 Å². The minimum atomic E-state index is -0.469. The summed E-state index contributed by atoms with van der Waals surface area (Å²) < 4.78 is 17.4. The van der Waals surface area contributed by atoms with Crippen LogP contribution in [0.25, 0.3) is 0 Å². The number of carbonyl (C=O) groups is 2. The van der Waals surface area contributed by atoms with E-state index in [1.165, 1.54) is 51.4 Å². The molecule has 4 aliphatic rings. The van der Waals surface area contributed by atoms with Crippen LogP contribution in [0.4, 0.5) is 0 Å². The maximum atomic E-state index is 12.9. The molecule has 0 N–H and O–H groups in total. The van der Waals surface area contributed by atoms with Gasteiger partial charge >= 0.3 is 11.9 Å². The number of esters is 2. The molecule has 0 saturated heterocycles. The molecule has 0 unspecified atom stereocenters. The molecule has 0 radical (unpaired) electrons. The van der Waals surface area contributed by atoms with E-state index in [-0.39, 0.29) is 17.5 Å². The highest BCUT2D eigenvalue weighted by molar-refractivity contribution is 5.91. The number of unbranched alkanes of at least 4 members (excludes halogenated alkanes) is 4. The van der Waals surface area contributed by atoms with E-state index in [2.05, 4.69) is 40.7 Å². The molecular weight excluding hydrogens is 683 g/mol. The predicted molar refractivity (Wildman–Crippen MR) is 219 cm³/mol. The number of allylic oxidation sites excluding steroid dienone is 1. The van der Waals surface area contributed by atoms with Crippen LogP contribution in [0.15, 0.2) is 60.2 Å². The second-order valence-electron chi connectivity index (χ2n) is 18.6. The normalized spacial score (nSPS) is 28.9. The Labute approximate surface area is 331 Å². The molecule has 0 aliphatic heterocycles. The van der Waals surface area contributed by atoms with E-state index in [0.717, 1.165) is 92.6 Å².